The van der Waals surface area contributed by atoms with Gasteiger partial charge in [0.1, 0.15) is 0 Å². The lowest BCUT2D eigenvalue weighted by Gasteiger charge is -2.09. The number of hydrogen-bond acceptors (Lipinski definition) is 0. The molecule has 1 aromatic carbocycles. The molecule has 0 fully saturated rings. The van der Waals surface area contributed by atoms with Gasteiger partial charge in [-0.1, -0.05) is 36.9 Å². The van der Waals surface area contributed by atoms with Crippen LogP contribution in [0.5, 0.6) is 0 Å². The van der Waals surface area contributed by atoms with Gasteiger partial charge in [-0.05, 0) is 44.6 Å². The van der Waals surface area contributed by atoms with Crippen molar-refractivity contribution >= 4 is 22.7 Å². The first-order chi connectivity index (χ1) is 8.74. The quantitative estimate of drug-likeness (QED) is 0.660. The lowest BCUT2D eigenvalue weighted by atomic mass is 10.1. The zero-order valence-corrected chi connectivity index (χ0v) is 11.3. The number of para-hydroxylation sites is 1. The summed E-state index contributed by atoms with van der Waals surface area (Å²) in [4.78, 5) is 0. The molecule has 1 heteroatoms. The van der Waals surface area contributed by atoms with Crippen molar-refractivity contribution in [2.24, 2.45) is 0 Å². The number of fused-ring (bicyclic) bond motifs is 1. The van der Waals surface area contributed by atoms with Gasteiger partial charge < -0.3 is 4.57 Å². The van der Waals surface area contributed by atoms with Gasteiger partial charge in [-0.3, -0.25) is 0 Å². The van der Waals surface area contributed by atoms with Gasteiger partial charge in [0.05, 0.1) is 5.52 Å². The Morgan fingerprint density at radius 3 is 2.56 bits per heavy atom. The van der Waals surface area contributed by atoms with Crippen molar-refractivity contribution in [2.75, 3.05) is 0 Å². The smallest absolute Gasteiger partial charge is 0.0537 e. The summed E-state index contributed by atoms with van der Waals surface area (Å²) in [6.07, 6.45) is 8.22. The Labute approximate surface area is 109 Å². The van der Waals surface area contributed by atoms with E-state index in [1.165, 1.54) is 22.2 Å². The number of nitrogens with zero attached hydrogens (tertiary/aromatic N) is 1. The summed E-state index contributed by atoms with van der Waals surface area (Å²) in [5.41, 5.74) is 4.89. The van der Waals surface area contributed by atoms with Crippen molar-refractivity contribution in [1.82, 2.24) is 4.57 Å². The highest BCUT2D eigenvalue weighted by Gasteiger charge is 2.12. The summed E-state index contributed by atoms with van der Waals surface area (Å²) in [6, 6.07) is 8.49. The maximum absolute atomic E-state index is 3.91. The molecule has 0 aliphatic carbocycles. The van der Waals surface area contributed by atoms with E-state index >= 15 is 0 Å². The second-order valence-corrected chi connectivity index (χ2v) is 4.28. The SMILES string of the molecule is C=C/C(=C\C)n1c(/C=C\C)c(C)c2ccccc21. The molecule has 0 saturated carbocycles. The monoisotopic (exact) mass is 237 g/mol. The van der Waals surface area contributed by atoms with Crippen molar-refractivity contribution < 1.29 is 0 Å². The zero-order valence-electron chi connectivity index (χ0n) is 11.3. The van der Waals surface area contributed by atoms with Crippen molar-refractivity contribution in [2.45, 2.75) is 20.8 Å². The van der Waals surface area contributed by atoms with Crippen LogP contribution in [0, 0.1) is 6.92 Å². The van der Waals surface area contributed by atoms with Gasteiger partial charge in [-0.25, -0.2) is 0 Å². The molecule has 0 saturated heterocycles. The summed E-state index contributed by atoms with van der Waals surface area (Å²) in [6.45, 7) is 10.2. The summed E-state index contributed by atoms with van der Waals surface area (Å²) >= 11 is 0. The van der Waals surface area contributed by atoms with Crippen LogP contribution in [0.2, 0.25) is 0 Å². The molecular weight excluding hydrogens is 218 g/mol. The summed E-state index contributed by atoms with van der Waals surface area (Å²) in [7, 11) is 0. The van der Waals surface area contributed by atoms with Gasteiger partial charge in [-0.15, -0.1) is 0 Å². The molecule has 1 nitrogen and oxygen atoms in total. The normalized spacial score (nSPS) is 12.5. The fourth-order valence-electron chi connectivity index (χ4n) is 2.39. The van der Waals surface area contributed by atoms with Gasteiger partial charge in [0, 0.05) is 16.8 Å². The van der Waals surface area contributed by atoms with Crippen LogP contribution >= 0.6 is 0 Å². The van der Waals surface area contributed by atoms with Crippen molar-refractivity contribution in [3.63, 3.8) is 0 Å². The minimum atomic E-state index is 1.12. The molecule has 0 N–H and O–H groups in total. The number of benzene rings is 1. The largest absolute Gasteiger partial charge is 0.310 e. The number of hydrogen-bond donors (Lipinski definition) is 0. The van der Waals surface area contributed by atoms with E-state index in [0.717, 1.165) is 5.70 Å². The summed E-state index contributed by atoms with van der Waals surface area (Å²) in [5.74, 6) is 0. The molecule has 0 aliphatic rings. The highest BCUT2D eigenvalue weighted by Crippen LogP contribution is 2.29. The minimum absolute atomic E-state index is 1.12. The van der Waals surface area contributed by atoms with Crippen LogP contribution in [0.15, 0.2) is 49.1 Å². The number of aryl methyl sites for hydroxylation is 1. The molecule has 0 radical (unpaired) electrons. The second-order valence-electron chi connectivity index (χ2n) is 4.28. The van der Waals surface area contributed by atoms with E-state index in [4.69, 9.17) is 0 Å². The van der Waals surface area contributed by atoms with Crippen LogP contribution in [0.25, 0.3) is 22.7 Å². The van der Waals surface area contributed by atoms with E-state index in [0.29, 0.717) is 0 Å². The Morgan fingerprint density at radius 1 is 1.22 bits per heavy atom. The average Bonchev–Trinajstić information content (AvgIpc) is 2.67. The Kier molecular flexibility index (Phi) is 3.52. The Hall–Kier alpha value is -2.02. The fourth-order valence-corrected chi connectivity index (χ4v) is 2.39. The maximum atomic E-state index is 3.91. The van der Waals surface area contributed by atoms with Gasteiger partial charge in [0.25, 0.3) is 0 Å². The van der Waals surface area contributed by atoms with Crippen molar-refractivity contribution in [1.29, 1.82) is 0 Å². The van der Waals surface area contributed by atoms with E-state index < -0.39 is 0 Å². The first-order valence-electron chi connectivity index (χ1n) is 6.26. The summed E-state index contributed by atoms with van der Waals surface area (Å²) < 4.78 is 2.26. The van der Waals surface area contributed by atoms with Gasteiger partial charge >= 0.3 is 0 Å². The number of allylic oxidation sites excluding steroid dienone is 4. The first-order valence-corrected chi connectivity index (χ1v) is 6.26. The zero-order chi connectivity index (χ0) is 13.1. The number of aromatic nitrogens is 1. The van der Waals surface area contributed by atoms with Crippen molar-refractivity contribution in [3.8, 4) is 0 Å². The molecule has 0 bridgehead atoms. The lowest BCUT2D eigenvalue weighted by Crippen LogP contribution is -1.97. The molecular formula is C17H19N. The Balaban J connectivity index is 2.91. The maximum Gasteiger partial charge on any atom is 0.0537 e. The average molecular weight is 237 g/mol. The third-order valence-corrected chi connectivity index (χ3v) is 3.26. The number of rotatable bonds is 3. The van der Waals surface area contributed by atoms with E-state index in [-0.39, 0.29) is 0 Å². The molecule has 0 unspecified atom stereocenters. The molecule has 0 spiro atoms. The molecule has 0 atom stereocenters. The van der Waals surface area contributed by atoms with Gasteiger partial charge in [0.2, 0.25) is 0 Å². The van der Waals surface area contributed by atoms with E-state index in [1.807, 2.05) is 19.9 Å². The third-order valence-electron chi connectivity index (χ3n) is 3.26. The molecule has 1 aromatic heterocycles. The van der Waals surface area contributed by atoms with E-state index in [2.05, 4.69) is 60.6 Å². The predicted octanol–water partition coefficient (Wildman–Crippen LogP) is 5.03. The highest BCUT2D eigenvalue weighted by molar-refractivity contribution is 5.91. The van der Waals surface area contributed by atoms with Crippen LogP contribution < -0.4 is 0 Å². The van der Waals surface area contributed by atoms with Crippen LogP contribution in [0.3, 0.4) is 0 Å². The Morgan fingerprint density at radius 2 is 1.94 bits per heavy atom. The van der Waals surface area contributed by atoms with Crippen molar-refractivity contribution in [3.05, 3.63) is 60.3 Å². The molecule has 18 heavy (non-hydrogen) atoms. The molecule has 2 aromatic rings. The standard InChI is InChI=1S/C17H19N/c1-5-10-16-13(4)15-11-8-9-12-17(15)18(16)14(6-2)7-3/h5-12H,2H2,1,3-4H3/b10-5-,14-7+. The molecule has 2 rings (SSSR count). The van der Waals surface area contributed by atoms with E-state index in [1.54, 1.807) is 0 Å². The Bertz CT molecular complexity index is 639. The van der Waals surface area contributed by atoms with Crippen LogP contribution in [0.1, 0.15) is 25.1 Å². The first kappa shape index (κ1) is 12.4. The van der Waals surface area contributed by atoms with Gasteiger partial charge in [0.15, 0.2) is 0 Å². The molecule has 92 valence electrons. The molecule has 0 aliphatic heterocycles. The summed E-state index contributed by atoms with van der Waals surface area (Å²) in [5, 5.41) is 1.30. The third kappa shape index (κ3) is 1.82. The highest BCUT2D eigenvalue weighted by atomic mass is 15.0. The topological polar surface area (TPSA) is 4.93 Å². The fraction of sp³-hybridized carbons (Fsp3) is 0.176. The molecule has 1 heterocycles. The predicted molar refractivity (Wildman–Crippen MR) is 81.5 cm³/mol. The van der Waals surface area contributed by atoms with Crippen LogP contribution in [-0.4, -0.2) is 4.57 Å². The van der Waals surface area contributed by atoms with Crippen LogP contribution in [0.4, 0.5) is 0 Å². The van der Waals surface area contributed by atoms with Gasteiger partial charge in [-0.2, -0.15) is 0 Å². The molecule has 0 amide bonds. The van der Waals surface area contributed by atoms with Crippen LogP contribution in [-0.2, 0) is 0 Å². The lowest BCUT2D eigenvalue weighted by molar-refractivity contribution is 1.14. The minimum Gasteiger partial charge on any atom is -0.310 e. The van der Waals surface area contributed by atoms with E-state index in [9.17, 15) is 0 Å². The second kappa shape index (κ2) is 5.09.